The van der Waals surface area contributed by atoms with Crippen molar-refractivity contribution in [2.24, 2.45) is 0 Å². The Morgan fingerprint density at radius 3 is 2.67 bits per heavy atom. The average Bonchev–Trinajstić information content (AvgIpc) is 2.05. The predicted molar refractivity (Wildman–Crippen MR) is 50.8 cm³/mol. The van der Waals surface area contributed by atoms with Gasteiger partial charge in [0, 0.05) is 17.8 Å². The van der Waals surface area contributed by atoms with E-state index in [4.69, 9.17) is 12.8 Å². The molecule has 1 atom stereocenters. The summed E-state index contributed by atoms with van der Waals surface area (Å²) in [6.07, 6.45) is 14.5. The van der Waals surface area contributed by atoms with Crippen LogP contribution in [0.3, 0.4) is 0 Å². The van der Waals surface area contributed by atoms with E-state index in [0.717, 1.165) is 11.1 Å². The average molecular weight is 157 g/mol. The zero-order valence-electron chi connectivity index (χ0n) is 7.33. The molecule has 0 saturated heterocycles. The van der Waals surface area contributed by atoms with Gasteiger partial charge < -0.3 is 4.90 Å². The fraction of sp³-hybridized carbons (Fsp3) is 0.273. The zero-order valence-corrected chi connectivity index (χ0v) is 7.33. The monoisotopic (exact) mass is 157 g/mol. The number of allylic oxidation sites excluding steroid dienone is 2. The van der Waals surface area contributed by atoms with Crippen LogP contribution in [0.1, 0.15) is 13.8 Å². The number of nitrogens with zero attached hydrogens (tertiary/aromatic N) is 1. The van der Waals surface area contributed by atoms with E-state index in [0.29, 0.717) is 0 Å². The van der Waals surface area contributed by atoms with Gasteiger partial charge in [-0.1, -0.05) is 18.4 Å². The first-order valence-electron chi connectivity index (χ1n) is 3.81. The Bertz CT molecular complexity index is 320. The number of terminal acetylenes is 2. The molecule has 1 heterocycles. The standard InChI is InChI=1S/C11H11N/c1-5-11-8-12(6-2)10(4)7-9(11)3/h1-2,7-8,10H,3-4H3. The summed E-state index contributed by atoms with van der Waals surface area (Å²) in [7, 11) is 0. The van der Waals surface area contributed by atoms with Crippen LogP contribution in [0.15, 0.2) is 23.4 Å². The molecule has 1 aliphatic heterocycles. The van der Waals surface area contributed by atoms with Crippen LogP contribution in [0.2, 0.25) is 0 Å². The Morgan fingerprint density at radius 2 is 2.17 bits per heavy atom. The second-order valence-corrected chi connectivity index (χ2v) is 2.81. The number of hydrogen-bond acceptors (Lipinski definition) is 1. The molecule has 0 fully saturated rings. The highest BCUT2D eigenvalue weighted by Crippen LogP contribution is 2.18. The van der Waals surface area contributed by atoms with Gasteiger partial charge in [-0.15, -0.1) is 6.42 Å². The van der Waals surface area contributed by atoms with Crippen molar-refractivity contribution in [3.8, 4) is 24.8 Å². The molecule has 0 amide bonds. The Morgan fingerprint density at radius 1 is 1.50 bits per heavy atom. The molecule has 1 rings (SSSR count). The quantitative estimate of drug-likeness (QED) is 0.484. The molecule has 12 heavy (non-hydrogen) atoms. The minimum absolute atomic E-state index is 0.243. The molecule has 1 heteroatoms. The smallest absolute Gasteiger partial charge is 0.0577 e. The van der Waals surface area contributed by atoms with Crippen molar-refractivity contribution in [1.82, 2.24) is 4.90 Å². The minimum Gasteiger partial charge on any atom is -0.301 e. The first kappa shape index (κ1) is 8.50. The molecule has 60 valence electrons. The Balaban J connectivity index is 3.01. The van der Waals surface area contributed by atoms with Crippen LogP contribution in [0.4, 0.5) is 0 Å². The van der Waals surface area contributed by atoms with E-state index < -0.39 is 0 Å². The second-order valence-electron chi connectivity index (χ2n) is 2.81. The van der Waals surface area contributed by atoms with Crippen molar-refractivity contribution in [2.45, 2.75) is 19.9 Å². The summed E-state index contributed by atoms with van der Waals surface area (Å²) in [5.74, 6) is 2.59. The molecule has 0 N–H and O–H groups in total. The fourth-order valence-corrected chi connectivity index (χ4v) is 1.20. The van der Waals surface area contributed by atoms with Crippen molar-refractivity contribution < 1.29 is 0 Å². The lowest BCUT2D eigenvalue weighted by Crippen LogP contribution is -2.24. The molecule has 1 aliphatic rings. The molecule has 0 aliphatic carbocycles. The second kappa shape index (κ2) is 3.20. The third kappa shape index (κ3) is 1.36. The Hall–Kier alpha value is -1.60. The van der Waals surface area contributed by atoms with E-state index in [1.54, 1.807) is 4.90 Å². The summed E-state index contributed by atoms with van der Waals surface area (Å²) in [5.41, 5.74) is 1.99. The lowest BCUT2D eigenvalue weighted by atomic mass is 10.0. The maximum atomic E-state index is 5.30. The largest absolute Gasteiger partial charge is 0.301 e. The first-order chi connectivity index (χ1) is 5.69. The van der Waals surface area contributed by atoms with E-state index in [1.165, 1.54) is 0 Å². The van der Waals surface area contributed by atoms with Crippen molar-refractivity contribution in [3.63, 3.8) is 0 Å². The van der Waals surface area contributed by atoms with E-state index in [9.17, 15) is 0 Å². The van der Waals surface area contributed by atoms with Crippen molar-refractivity contribution in [1.29, 1.82) is 0 Å². The molecule has 0 aromatic carbocycles. The third-order valence-corrected chi connectivity index (χ3v) is 1.93. The Kier molecular flexibility index (Phi) is 2.26. The highest BCUT2D eigenvalue weighted by Gasteiger charge is 2.12. The summed E-state index contributed by atoms with van der Waals surface area (Å²) < 4.78 is 0. The topological polar surface area (TPSA) is 3.24 Å². The SMILES string of the molecule is C#CC1=CN(C#C)C(C)C=C1C. The molecule has 0 spiro atoms. The fourth-order valence-electron chi connectivity index (χ4n) is 1.20. The summed E-state index contributed by atoms with van der Waals surface area (Å²) in [6.45, 7) is 4.03. The third-order valence-electron chi connectivity index (χ3n) is 1.93. The molecule has 1 nitrogen and oxygen atoms in total. The lowest BCUT2D eigenvalue weighted by molar-refractivity contribution is 0.467. The van der Waals surface area contributed by atoms with Crippen LogP contribution in [0.25, 0.3) is 0 Å². The minimum atomic E-state index is 0.243. The van der Waals surface area contributed by atoms with Gasteiger partial charge in [0.05, 0.1) is 6.04 Å². The van der Waals surface area contributed by atoms with Crippen molar-refractivity contribution in [3.05, 3.63) is 23.4 Å². The van der Waals surface area contributed by atoms with Crippen molar-refractivity contribution in [2.75, 3.05) is 0 Å². The van der Waals surface area contributed by atoms with Crippen LogP contribution >= 0.6 is 0 Å². The predicted octanol–water partition coefficient (Wildman–Crippen LogP) is 1.74. The molecule has 1 unspecified atom stereocenters. The van der Waals surface area contributed by atoms with E-state index in [2.05, 4.69) is 18.0 Å². The van der Waals surface area contributed by atoms with Crippen LogP contribution < -0.4 is 0 Å². The highest BCUT2D eigenvalue weighted by atomic mass is 15.1. The van der Waals surface area contributed by atoms with Gasteiger partial charge in [-0.3, -0.25) is 0 Å². The zero-order chi connectivity index (χ0) is 9.14. The normalized spacial score (nSPS) is 22.0. The van der Waals surface area contributed by atoms with Gasteiger partial charge >= 0.3 is 0 Å². The number of hydrogen-bond donors (Lipinski definition) is 0. The maximum Gasteiger partial charge on any atom is 0.0577 e. The highest BCUT2D eigenvalue weighted by molar-refractivity contribution is 5.46. The van der Waals surface area contributed by atoms with E-state index in [1.807, 2.05) is 20.0 Å². The molecule has 0 radical (unpaired) electrons. The van der Waals surface area contributed by atoms with Gasteiger partial charge in [-0.2, -0.15) is 0 Å². The van der Waals surface area contributed by atoms with Gasteiger partial charge in [0.25, 0.3) is 0 Å². The van der Waals surface area contributed by atoms with E-state index in [-0.39, 0.29) is 6.04 Å². The summed E-state index contributed by atoms with van der Waals surface area (Å²) in [4.78, 5) is 1.77. The first-order valence-corrected chi connectivity index (χ1v) is 3.81. The van der Waals surface area contributed by atoms with E-state index >= 15 is 0 Å². The maximum absolute atomic E-state index is 5.30. The van der Waals surface area contributed by atoms with Crippen LogP contribution in [-0.4, -0.2) is 10.9 Å². The number of rotatable bonds is 0. The lowest BCUT2D eigenvalue weighted by Gasteiger charge is -2.24. The van der Waals surface area contributed by atoms with Gasteiger partial charge in [0.2, 0.25) is 0 Å². The summed E-state index contributed by atoms with van der Waals surface area (Å²) in [5, 5.41) is 0. The Labute approximate surface area is 73.8 Å². The molecule has 0 saturated carbocycles. The molecule has 0 bridgehead atoms. The van der Waals surface area contributed by atoms with Gasteiger partial charge in [-0.25, -0.2) is 0 Å². The van der Waals surface area contributed by atoms with Crippen LogP contribution in [0.5, 0.6) is 0 Å². The van der Waals surface area contributed by atoms with Gasteiger partial charge in [0.1, 0.15) is 0 Å². The molecule has 0 aromatic rings. The molecular formula is C11H11N. The van der Waals surface area contributed by atoms with Crippen LogP contribution in [0, 0.1) is 24.8 Å². The van der Waals surface area contributed by atoms with Gasteiger partial charge in [0.15, 0.2) is 0 Å². The summed E-state index contributed by atoms with van der Waals surface area (Å²) >= 11 is 0. The van der Waals surface area contributed by atoms with Gasteiger partial charge in [-0.05, 0) is 19.4 Å². The van der Waals surface area contributed by atoms with Crippen molar-refractivity contribution >= 4 is 0 Å². The van der Waals surface area contributed by atoms with Crippen LogP contribution in [-0.2, 0) is 0 Å². The molecule has 0 aromatic heterocycles. The molecular weight excluding hydrogens is 146 g/mol. The summed E-state index contributed by atoms with van der Waals surface area (Å²) in [6, 6.07) is 2.80.